The van der Waals surface area contributed by atoms with E-state index in [1.807, 2.05) is 19.1 Å². The first kappa shape index (κ1) is 15.8. The number of amides is 1. The predicted octanol–water partition coefficient (Wildman–Crippen LogP) is 3.30. The second-order valence-corrected chi connectivity index (χ2v) is 4.99. The number of ether oxygens (including phenoxy) is 1. The third-order valence-electron chi connectivity index (χ3n) is 3.22. The van der Waals surface area contributed by atoms with E-state index in [-0.39, 0.29) is 12.3 Å². The lowest BCUT2D eigenvalue weighted by atomic mass is 10.2. The summed E-state index contributed by atoms with van der Waals surface area (Å²) in [4.78, 5) is 16.2. The highest BCUT2D eigenvalue weighted by Crippen LogP contribution is 2.17. The zero-order valence-electron chi connectivity index (χ0n) is 13.2. The average molecular weight is 327 g/mol. The van der Waals surface area contributed by atoms with E-state index < -0.39 is 0 Å². The lowest BCUT2D eigenvalue weighted by molar-refractivity contribution is -0.116. The number of nitrogens with one attached hydrogen (secondary N) is 1. The van der Waals surface area contributed by atoms with Crippen molar-refractivity contribution in [2.24, 2.45) is 0 Å². The number of nitrogens with zero attached hydrogens (tertiary/aromatic N) is 2. The molecule has 3 aromatic rings. The molecule has 0 atom stereocenters. The minimum atomic E-state index is -0.128. The molecule has 7 nitrogen and oxygen atoms in total. The Morgan fingerprint density at radius 3 is 2.79 bits per heavy atom. The van der Waals surface area contributed by atoms with E-state index in [0.29, 0.717) is 36.2 Å². The van der Waals surface area contributed by atoms with Crippen LogP contribution >= 0.6 is 0 Å². The van der Waals surface area contributed by atoms with E-state index in [2.05, 4.69) is 15.5 Å². The molecule has 2 heterocycles. The Kier molecular flexibility index (Phi) is 4.90. The van der Waals surface area contributed by atoms with Crippen molar-refractivity contribution in [3.8, 4) is 17.3 Å². The van der Waals surface area contributed by atoms with Crippen LogP contribution in [0.3, 0.4) is 0 Å². The van der Waals surface area contributed by atoms with E-state index in [4.69, 9.17) is 13.7 Å². The molecule has 3 rings (SSSR count). The van der Waals surface area contributed by atoms with Gasteiger partial charge >= 0.3 is 0 Å². The van der Waals surface area contributed by atoms with Crippen LogP contribution in [-0.2, 0) is 11.2 Å². The zero-order chi connectivity index (χ0) is 16.8. The largest absolute Gasteiger partial charge is 0.494 e. The molecule has 0 unspecified atom stereocenters. The average Bonchev–Trinajstić information content (AvgIpc) is 3.26. The van der Waals surface area contributed by atoms with Crippen molar-refractivity contribution in [3.63, 3.8) is 0 Å². The van der Waals surface area contributed by atoms with Gasteiger partial charge in [0.15, 0.2) is 5.76 Å². The first-order valence-corrected chi connectivity index (χ1v) is 7.64. The molecule has 0 radical (unpaired) electrons. The Hall–Kier alpha value is -3.09. The number of hydrogen-bond acceptors (Lipinski definition) is 6. The maximum absolute atomic E-state index is 12.0. The van der Waals surface area contributed by atoms with Gasteiger partial charge in [-0.05, 0) is 43.3 Å². The van der Waals surface area contributed by atoms with Crippen molar-refractivity contribution in [1.82, 2.24) is 10.1 Å². The van der Waals surface area contributed by atoms with Crippen LogP contribution in [0.1, 0.15) is 19.2 Å². The molecule has 0 saturated heterocycles. The molecule has 0 aliphatic carbocycles. The molecule has 0 fully saturated rings. The van der Waals surface area contributed by atoms with Crippen LogP contribution in [0.2, 0.25) is 0 Å². The Labute approximate surface area is 138 Å². The Bertz CT molecular complexity index is 779. The maximum atomic E-state index is 12.0. The summed E-state index contributed by atoms with van der Waals surface area (Å²) in [5, 5.41) is 6.64. The zero-order valence-corrected chi connectivity index (χ0v) is 13.2. The van der Waals surface area contributed by atoms with Gasteiger partial charge in [-0.15, -0.1) is 0 Å². The quantitative estimate of drug-likeness (QED) is 0.716. The molecule has 0 spiro atoms. The molecule has 0 saturated carbocycles. The third-order valence-corrected chi connectivity index (χ3v) is 3.22. The Morgan fingerprint density at radius 2 is 2.08 bits per heavy atom. The van der Waals surface area contributed by atoms with Gasteiger partial charge in [-0.2, -0.15) is 4.98 Å². The fraction of sp³-hybridized carbons (Fsp3) is 0.235. The fourth-order valence-electron chi connectivity index (χ4n) is 2.11. The summed E-state index contributed by atoms with van der Waals surface area (Å²) in [5.74, 6) is 1.94. The van der Waals surface area contributed by atoms with Crippen LogP contribution in [-0.4, -0.2) is 22.7 Å². The number of hydrogen-bond donors (Lipinski definition) is 1. The standard InChI is InChI=1S/C17H17N3O4/c1-2-22-13-7-5-12(6-8-13)18-15(21)9-10-16-19-17(20-24-16)14-4-3-11-23-14/h3-8,11H,2,9-10H2,1H3,(H,18,21). The SMILES string of the molecule is CCOc1ccc(NC(=O)CCc2nc(-c3ccco3)no2)cc1. The summed E-state index contributed by atoms with van der Waals surface area (Å²) < 4.78 is 15.7. The normalized spacial score (nSPS) is 10.5. The van der Waals surface area contributed by atoms with Gasteiger partial charge in [0.1, 0.15) is 5.75 Å². The second kappa shape index (κ2) is 7.45. The number of aromatic nitrogens is 2. The van der Waals surface area contributed by atoms with Crippen molar-refractivity contribution >= 4 is 11.6 Å². The number of carbonyl (C=O) groups is 1. The van der Waals surface area contributed by atoms with Crippen LogP contribution in [0.25, 0.3) is 11.6 Å². The van der Waals surface area contributed by atoms with Gasteiger partial charge in [-0.25, -0.2) is 0 Å². The molecule has 2 aromatic heterocycles. The number of anilines is 1. The number of furan rings is 1. The fourth-order valence-corrected chi connectivity index (χ4v) is 2.11. The van der Waals surface area contributed by atoms with Gasteiger partial charge in [0.25, 0.3) is 0 Å². The minimum absolute atomic E-state index is 0.128. The summed E-state index contributed by atoms with van der Waals surface area (Å²) in [7, 11) is 0. The molecule has 124 valence electrons. The molecule has 0 bridgehead atoms. The summed E-state index contributed by atoms with van der Waals surface area (Å²) in [5.41, 5.74) is 0.713. The number of carbonyl (C=O) groups excluding carboxylic acids is 1. The van der Waals surface area contributed by atoms with Gasteiger partial charge in [0, 0.05) is 18.5 Å². The van der Waals surface area contributed by atoms with Gasteiger partial charge in [0.05, 0.1) is 12.9 Å². The van der Waals surface area contributed by atoms with Crippen LogP contribution in [0, 0.1) is 0 Å². The van der Waals surface area contributed by atoms with E-state index in [1.54, 1.807) is 24.3 Å². The van der Waals surface area contributed by atoms with E-state index in [9.17, 15) is 4.79 Å². The third kappa shape index (κ3) is 4.01. The topological polar surface area (TPSA) is 90.4 Å². The summed E-state index contributed by atoms with van der Waals surface area (Å²) in [6.45, 7) is 2.53. The molecule has 1 N–H and O–H groups in total. The Balaban J connectivity index is 1.50. The van der Waals surface area contributed by atoms with Gasteiger partial charge in [-0.3, -0.25) is 4.79 Å². The highest BCUT2D eigenvalue weighted by atomic mass is 16.5. The van der Waals surface area contributed by atoms with Crippen molar-refractivity contribution in [2.45, 2.75) is 19.8 Å². The number of aryl methyl sites for hydroxylation is 1. The minimum Gasteiger partial charge on any atom is -0.494 e. The van der Waals surface area contributed by atoms with Crippen LogP contribution in [0.4, 0.5) is 5.69 Å². The van der Waals surface area contributed by atoms with E-state index in [0.717, 1.165) is 5.75 Å². The van der Waals surface area contributed by atoms with E-state index >= 15 is 0 Å². The predicted molar refractivity (Wildman–Crippen MR) is 86.6 cm³/mol. The molecular weight excluding hydrogens is 310 g/mol. The van der Waals surface area contributed by atoms with Crippen LogP contribution in [0.15, 0.2) is 51.6 Å². The van der Waals surface area contributed by atoms with Gasteiger partial charge < -0.3 is 19.0 Å². The summed E-state index contributed by atoms with van der Waals surface area (Å²) in [6.07, 6.45) is 2.14. The molecule has 1 amide bonds. The smallest absolute Gasteiger partial charge is 0.238 e. The first-order valence-electron chi connectivity index (χ1n) is 7.64. The number of rotatable bonds is 7. The van der Waals surface area contributed by atoms with Gasteiger partial charge in [-0.1, -0.05) is 5.16 Å². The molecule has 0 aliphatic heterocycles. The van der Waals surface area contributed by atoms with E-state index in [1.165, 1.54) is 6.26 Å². The molecular formula is C17H17N3O4. The second-order valence-electron chi connectivity index (χ2n) is 4.99. The summed E-state index contributed by atoms with van der Waals surface area (Å²) >= 11 is 0. The monoisotopic (exact) mass is 327 g/mol. The summed E-state index contributed by atoms with van der Waals surface area (Å²) in [6, 6.07) is 10.7. The van der Waals surface area contributed by atoms with Crippen molar-refractivity contribution < 1.29 is 18.5 Å². The first-order chi connectivity index (χ1) is 11.7. The van der Waals surface area contributed by atoms with Crippen molar-refractivity contribution in [1.29, 1.82) is 0 Å². The van der Waals surface area contributed by atoms with Crippen LogP contribution < -0.4 is 10.1 Å². The molecule has 7 heteroatoms. The van der Waals surface area contributed by atoms with Crippen LogP contribution in [0.5, 0.6) is 5.75 Å². The Morgan fingerprint density at radius 1 is 1.25 bits per heavy atom. The molecule has 24 heavy (non-hydrogen) atoms. The van der Waals surface area contributed by atoms with Crippen molar-refractivity contribution in [2.75, 3.05) is 11.9 Å². The highest BCUT2D eigenvalue weighted by Gasteiger charge is 2.12. The molecule has 0 aliphatic rings. The lowest BCUT2D eigenvalue weighted by Gasteiger charge is -2.06. The van der Waals surface area contributed by atoms with Crippen molar-refractivity contribution in [3.05, 3.63) is 48.6 Å². The lowest BCUT2D eigenvalue weighted by Crippen LogP contribution is -2.12. The highest BCUT2D eigenvalue weighted by molar-refractivity contribution is 5.90. The maximum Gasteiger partial charge on any atom is 0.238 e. The molecule has 1 aromatic carbocycles. The number of benzene rings is 1. The van der Waals surface area contributed by atoms with Gasteiger partial charge in [0.2, 0.25) is 17.6 Å².